The van der Waals surface area contributed by atoms with Gasteiger partial charge in [0, 0.05) is 0 Å². The third-order valence-corrected chi connectivity index (χ3v) is 7.20. The molecule has 0 amide bonds. The van der Waals surface area contributed by atoms with Gasteiger partial charge in [0.1, 0.15) is 16.5 Å². The number of hydrogen-bond acceptors (Lipinski definition) is 3. The number of carbonyl (C=O) groups excluding carboxylic acids is 1. The van der Waals surface area contributed by atoms with Crippen molar-refractivity contribution in [3.8, 4) is 0 Å². The zero-order chi connectivity index (χ0) is 14.5. The zero-order valence-electron chi connectivity index (χ0n) is 13.3. The summed E-state index contributed by atoms with van der Waals surface area (Å²) in [6.07, 6.45) is 0. The molecule has 98 valence electrons. The fourth-order valence-corrected chi connectivity index (χ4v) is 10.6. The summed E-state index contributed by atoms with van der Waals surface area (Å²) in [5, 5.41) is 0. The van der Waals surface area contributed by atoms with Crippen LogP contribution in [0.3, 0.4) is 0 Å². The summed E-state index contributed by atoms with van der Waals surface area (Å²) >= 11 is 1.41. The van der Waals surface area contributed by atoms with Crippen LogP contribution in [-0.2, 0) is 4.74 Å². The second-order valence-corrected chi connectivity index (χ2v) is 17.3. The molecule has 0 saturated heterocycles. The Morgan fingerprint density at radius 3 is 1.29 bits per heavy atom. The van der Waals surface area contributed by atoms with Gasteiger partial charge in [-0.25, -0.2) is 0 Å². The fraction of sp³-hybridized carbons (Fsp3) is 0.909. The van der Waals surface area contributed by atoms with Gasteiger partial charge in [-0.2, -0.15) is 0 Å². The quantitative estimate of drug-likeness (QED) is 0.781. The van der Waals surface area contributed by atoms with Crippen molar-refractivity contribution in [3.63, 3.8) is 0 Å². The number of carbonyl (C=O) groups is 1. The molecule has 0 aliphatic carbocycles. The zero-order valence-corrected chi connectivity index (χ0v) is 15.3. The summed E-state index contributed by atoms with van der Waals surface area (Å²) in [7, 11) is -1.96. The molecule has 1 N–H and O–H groups in total. The molecular formula is C11H28LiNO2Si2. The molecule has 0 heterocycles. The van der Waals surface area contributed by atoms with Gasteiger partial charge in [-0.1, -0.05) is 39.3 Å². The second-order valence-electron chi connectivity index (χ2n) is 7.33. The Morgan fingerprint density at radius 2 is 1.29 bits per heavy atom. The molecule has 0 fully saturated rings. The van der Waals surface area contributed by atoms with Gasteiger partial charge in [0.25, 0.3) is 0 Å². The second kappa shape index (κ2) is 7.15. The van der Waals surface area contributed by atoms with E-state index in [-0.39, 0.29) is 10.2 Å². The third kappa shape index (κ3) is 26.2. The maximum absolute atomic E-state index is 10.2. The van der Waals surface area contributed by atoms with Crippen LogP contribution in [0.4, 0.5) is 4.79 Å². The molecule has 0 atom stereocenters. The van der Waals surface area contributed by atoms with E-state index in [9.17, 15) is 4.79 Å². The molecule has 0 saturated carbocycles. The first-order valence-corrected chi connectivity index (χ1v) is 13.1. The predicted octanol–water partition coefficient (Wildman–Crippen LogP) is 3.34. The van der Waals surface area contributed by atoms with Crippen LogP contribution in [-0.4, -0.2) is 44.4 Å². The van der Waals surface area contributed by atoms with E-state index in [2.05, 4.69) is 43.9 Å². The Morgan fingerprint density at radius 1 is 1.00 bits per heavy atom. The van der Waals surface area contributed by atoms with Crippen LogP contribution < -0.4 is 4.65 Å². The van der Waals surface area contributed by atoms with Crippen LogP contribution >= 0.6 is 0 Å². The molecule has 17 heavy (non-hydrogen) atoms. The molecule has 0 aromatic rings. The topological polar surface area (TPSA) is 38.3 Å². The van der Waals surface area contributed by atoms with E-state index in [4.69, 9.17) is 4.74 Å². The summed E-state index contributed by atoms with van der Waals surface area (Å²) in [6.45, 7) is 19.6. The van der Waals surface area contributed by atoms with Crippen LogP contribution in [0.5, 0.6) is 0 Å². The molecule has 0 unspecified atom stereocenters. The van der Waals surface area contributed by atoms with Crippen LogP contribution in [0.25, 0.3) is 0 Å². The average Bonchev–Trinajstić information content (AvgIpc) is 1.68. The average molecular weight is 269 g/mol. The van der Waals surface area contributed by atoms with Crippen LogP contribution in [0.2, 0.25) is 39.3 Å². The predicted molar refractivity (Wildman–Crippen MR) is 81.8 cm³/mol. The Balaban J connectivity index is 0. The van der Waals surface area contributed by atoms with Crippen molar-refractivity contribution in [2.75, 3.05) is 0 Å². The van der Waals surface area contributed by atoms with E-state index in [0.29, 0.717) is 0 Å². The van der Waals surface area contributed by atoms with Gasteiger partial charge >= 0.3 is 58.3 Å². The summed E-state index contributed by atoms with van der Waals surface area (Å²) in [5.74, 6) is 0. The molecule has 0 aliphatic rings. The van der Waals surface area contributed by atoms with E-state index in [1.165, 1.54) is 17.7 Å². The minimum atomic E-state index is -0.981. The molecule has 0 aromatic carbocycles. The number of hydrogen-bond donors (Lipinski definition) is 1. The normalized spacial score (nSPS) is 12.6. The molecule has 0 radical (unpaired) electrons. The van der Waals surface area contributed by atoms with E-state index >= 15 is 0 Å². The van der Waals surface area contributed by atoms with E-state index < -0.39 is 16.5 Å². The SMILES string of the molecule is C[Si](C)(C)N[Si](C)(C)C.[Li][C](=O)OC(C)(C)C. The number of ether oxygens (including phenoxy) is 1. The van der Waals surface area contributed by atoms with Crippen LogP contribution in [0.15, 0.2) is 0 Å². The van der Waals surface area contributed by atoms with Gasteiger partial charge in [-0.05, 0) is 0 Å². The Hall–Kier alpha value is 0.461. The van der Waals surface area contributed by atoms with Crippen molar-refractivity contribution in [1.82, 2.24) is 4.65 Å². The molecule has 0 spiro atoms. The van der Waals surface area contributed by atoms with Crippen LogP contribution in [0, 0.1) is 0 Å². The maximum atomic E-state index is 10.2. The summed E-state index contributed by atoms with van der Waals surface area (Å²) < 4.78 is 8.31. The van der Waals surface area contributed by atoms with Gasteiger partial charge in [-0.3, -0.25) is 0 Å². The Labute approximate surface area is 118 Å². The minimum absolute atomic E-state index is 0.225. The van der Waals surface area contributed by atoms with Crippen LogP contribution in [0.1, 0.15) is 20.8 Å². The van der Waals surface area contributed by atoms with Crippen molar-refractivity contribution in [3.05, 3.63) is 0 Å². The van der Waals surface area contributed by atoms with E-state index in [1.54, 1.807) is 0 Å². The molecule has 0 bridgehead atoms. The van der Waals surface area contributed by atoms with Gasteiger partial charge in [0.2, 0.25) is 0 Å². The first-order chi connectivity index (χ1) is 7.12. The van der Waals surface area contributed by atoms with Gasteiger partial charge < -0.3 is 4.65 Å². The monoisotopic (exact) mass is 269 g/mol. The van der Waals surface area contributed by atoms with Crippen molar-refractivity contribution in [2.24, 2.45) is 0 Å². The third-order valence-electron chi connectivity index (χ3n) is 1.20. The van der Waals surface area contributed by atoms with Crippen molar-refractivity contribution < 1.29 is 9.53 Å². The van der Waals surface area contributed by atoms with Gasteiger partial charge in [0.05, 0.1) is 0 Å². The molecular weight excluding hydrogens is 241 g/mol. The van der Waals surface area contributed by atoms with Gasteiger partial charge in [0.15, 0.2) is 0 Å². The molecule has 6 heteroatoms. The van der Waals surface area contributed by atoms with E-state index in [0.717, 1.165) is 0 Å². The molecule has 0 aliphatic heterocycles. The number of rotatable bonds is 2. The molecule has 0 aromatic heterocycles. The van der Waals surface area contributed by atoms with Crippen molar-refractivity contribution in [2.45, 2.75) is 65.7 Å². The summed E-state index contributed by atoms with van der Waals surface area (Å²) in [5.41, 5.74) is -0.328. The van der Waals surface area contributed by atoms with Crippen molar-refractivity contribution >= 4 is 38.8 Å². The van der Waals surface area contributed by atoms with Gasteiger partial charge in [-0.15, -0.1) is 0 Å². The summed E-state index contributed by atoms with van der Waals surface area (Å²) in [4.78, 5) is 10.2. The first kappa shape index (κ1) is 19.8. The van der Waals surface area contributed by atoms with Crippen molar-refractivity contribution in [1.29, 1.82) is 0 Å². The Bertz CT molecular complexity index is 227. The Kier molecular flexibility index (Phi) is 8.32. The standard InChI is InChI=1S/C6H19NSi2.C5H9O2.Li/c1-8(2,3)7-9(4,5)6;1-5(2,3)7-4-6;/h7H,1-6H3;1-3H3;. The fourth-order valence-electron chi connectivity index (χ4n) is 1.56. The summed E-state index contributed by atoms with van der Waals surface area (Å²) in [6, 6.07) is 0. The van der Waals surface area contributed by atoms with E-state index in [1.807, 2.05) is 20.8 Å². The molecule has 0 rings (SSSR count). The first-order valence-electron chi connectivity index (χ1n) is 6.11. The number of nitrogens with one attached hydrogen (secondary N) is 1. The molecule has 3 nitrogen and oxygen atoms in total.